The zero-order chi connectivity index (χ0) is 28.1. The molecule has 2 aromatic heterocycles. The van der Waals surface area contributed by atoms with Gasteiger partial charge in [-0.1, -0.05) is 29.5 Å². The molecule has 40 heavy (non-hydrogen) atoms. The number of sulfone groups is 1. The zero-order valence-corrected chi connectivity index (χ0v) is 22.9. The first-order valence-corrected chi connectivity index (χ1v) is 14.7. The summed E-state index contributed by atoms with van der Waals surface area (Å²) in [5, 5.41) is 7.97. The summed E-state index contributed by atoms with van der Waals surface area (Å²) in [6, 6.07) is 15.1. The molecule has 4 aromatic rings. The van der Waals surface area contributed by atoms with Crippen molar-refractivity contribution < 1.29 is 22.0 Å². The maximum atomic E-state index is 13.4. The van der Waals surface area contributed by atoms with Crippen LogP contribution in [0, 0.1) is 5.82 Å². The highest BCUT2D eigenvalue weighted by Crippen LogP contribution is 2.29. The van der Waals surface area contributed by atoms with Gasteiger partial charge in [-0.3, -0.25) is 0 Å². The van der Waals surface area contributed by atoms with Crippen LogP contribution in [0.25, 0.3) is 17.4 Å². The summed E-state index contributed by atoms with van der Waals surface area (Å²) < 4.78 is 47.7. The Kier molecular flexibility index (Phi) is 8.16. The Morgan fingerprint density at radius 2 is 1.98 bits per heavy atom. The van der Waals surface area contributed by atoms with E-state index in [0.717, 1.165) is 0 Å². The molecule has 0 saturated carbocycles. The first-order valence-electron chi connectivity index (χ1n) is 12.2. The minimum absolute atomic E-state index is 0.0552. The van der Waals surface area contributed by atoms with E-state index in [0.29, 0.717) is 68.6 Å². The average Bonchev–Trinajstić information content (AvgIpc) is 3.39. The number of allylic oxidation sites excluding steroid dienone is 1. The molecule has 1 aliphatic rings. The zero-order valence-electron chi connectivity index (χ0n) is 21.4. The highest BCUT2D eigenvalue weighted by Gasteiger charge is 2.11. The molecule has 0 bridgehead atoms. The van der Waals surface area contributed by atoms with Crippen molar-refractivity contribution in [1.29, 1.82) is 0 Å². The first kappa shape index (κ1) is 27.4. The van der Waals surface area contributed by atoms with Crippen molar-refractivity contribution in [3.63, 3.8) is 0 Å². The van der Waals surface area contributed by atoms with E-state index in [9.17, 15) is 12.8 Å². The van der Waals surface area contributed by atoms with Gasteiger partial charge >= 0.3 is 0 Å². The lowest BCUT2D eigenvalue weighted by Crippen LogP contribution is -2.31. The number of hydrogen-bond acceptors (Lipinski definition) is 8. The Morgan fingerprint density at radius 1 is 1.10 bits per heavy atom. The van der Waals surface area contributed by atoms with Gasteiger partial charge in [0.25, 0.3) is 0 Å². The van der Waals surface area contributed by atoms with E-state index in [1.807, 2.05) is 18.2 Å². The molecule has 0 atom stereocenters. The van der Waals surface area contributed by atoms with Crippen LogP contribution >= 0.6 is 11.6 Å². The van der Waals surface area contributed by atoms with Crippen LogP contribution in [-0.2, 0) is 23.0 Å². The summed E-state index contributed by atoms with van der Waals surface area (Å²) in [5.74, 6) is 1.97. The molecule has 204 valence electrons. The largest absolute Gasteiger partial charge is 0.487 e. The number of rotatable bonds is 11. The summed E-state index contributed by atoms with van der Waals surface area (Å²) in [6.07, 6.45) is 4.49. The van der Waals surface area contributed by atoms with Gasteiger partial charge in [0.15, 0.2) is 0 Å². The summed E-state index contributed by atoms with van der Waals surface area (Å²) in [6.45, 7) is 0.911. The number of furan rings is 1. The van der Waals surface area contributed by atoms with E-state index in [1.165, 1.54) is 24.7 Å². The number of benzene rings is 2. The Balaban J connectivity index is 1.29. The molecule has 0 aliphatic heterocycles. The first-order chi connectivity index (χ1) is 19.2. The van der Waals surface area contributed by atoms with Gasteiger partial charge in [-0.15, -0.1) is 0 Å². The van der Waals surface area contributed by atoms with Crippen molar-refractivity contribution in [2.45, 2.75) is 13.2 Å². The Morgan fingerprint density at radius 3 is 2.77 bits per heavy atom. The number of nitrogens with zero attached hydrogens (tertiary/aromatic N) is 2. The third-order valence-corrected chi connectivity index (χ3v) is 7.08. The van der Waals surface area contributed by atoms with Crippen molar-refractivity contribution in [2.75, 3.05) is 23.9 Å². The molecule has 2 N–H and O–H groups in total. The normalized spacial score (nSPS) is 12.2. The number of halogens is 2. The van der Waals surface area contributed by atoms with Crippen LogP contribution in [0.3, 0.4) is 0 Å². The van der Waals surface area contributed by atoms with Crippen LogP contribution < -0.4 is 25.9 Å². The predicted molar refractivity (Wildman–Crippen MR) is 152 cm³/mol. The highest BCUT2D eigenvalue weighted by molar-refractivity contribution is 7.90. The minimum atomic E-state index is -3.03. The van der Waals surface area contributed by atoms with E-state index in [-0.39, 0.29) is 18.2 Å². The molecule has 0 amide bonds. The fourth-order valence-electron chi connectivity index (χ4n) is 3.88. The smallest absolute Gasteiger partial charge is 0.148 e. The van der Waals surface area contributed by atoms with E-state index in [2.05, 4.69) is 32.1 Å². The van der Waals surface area contributed by atoms with Gasteiger partial charge in [0.1, 0.15) is 57.0 Å². The molecule has 8 nitrogen and oxygen atoms in total. The molecular formula is C29H24ClFN4O4S. The van der Waals surface area contributed by atoms with Crippen molar-refractivity contribution >= 4 is 50.3 Å². The number of fused-ring (bicyclic) bond motifs is 1. The fourth-order valence-corrected chi connectivity index (χ4v) is 4.63. The lowest BCUT2D eigenvalue weighted by Gasteiger charge is -2.11. The topological polar surface area (TPSA) is 106 Å². The monoisotopic (exact) mass is 578 g/mol. The maximum absolute atomic E-state index is 13.4. The summed E-state index contributed by atoms with van der Waals surface area (Å²) in [7, 11) is -3.03. The van der Waals surface area contributed by atoms with Crippen LogP contribution in [0.5, 0.6) is 5.75 Å². The van der Waals surface area contributed by atoms with Crippen molar-refractivity contribution in [1.82, 2.24) is 15.3 Å². The molecule has 2 aromatic carbocycles. The molecule has 5 rings (SSSR count). The number of nitrogens with one attached hydrogen (secondary N) is 2. The lowest BCUT2D eigenvalue weighted by atomic mass is 10.1. The quantitative estimate of drug-likeness (QED) is 0.205. The predicted octanol–water partition coefficient (Wildman–Crippen LogP) is 3.73. The molecule has 1 aliphatic carbocycles. The van der Waals surface area contributed by atoms with Crippen LogP contribution in [0.1, 0.15) is 17.1 Å². The van der Waals surface area contributed by atoms with E-state index < -0.39 is 9.84 Å². The second-order valence-corrected chi connectivity index (χ2v) is 11.7. The van der Waals surface area contributed by atoms with Crippen LogP contribution in [0.2, 0.25) is 5.02 Å². The van der Waals surface area contributed by atoms with Gasteiger partial charge in [0, 0.05) is 18.5 Å². The maximum Gasteiger partial charge on any atom is 0.148 e. The van der Waals surface area contributed by atoms with Gasteiger partial charge in [0.2, 0.25) is 0 Å². The second kappa shape index (κ2) is 11.9. The van der Waals surface area contributed by atoms with E-state index in [4.69, 9.17) is 20.8 Å². The molecular weight excluding hydrogens is 555 g/mol. The van der Waals surface area contributed by atoms with Crippen LogP contribution in [0.4, 0.5) is 15.9 Å². The van der Waals surface area contributed by atoms with Crippen LogP contribution in [-0.4, -0.2) is 36.9 Å². The molecule has 0 unspecified atom stereocenters. The van der Waals surface area contributed by atoms with Gasteiger partial charge in [-0.2, -0.15) is 0 Å². The number of aromatic nitrogens is 2. The van der Waals surface area contributed by atoms with Crippen molar-refractivity contribution in [3.05, 3.63) is 105 Å². The molecule has 2 heterocycles. The minimum Gasteiger partial charge on any atom is -0.487 e. The van der Waals surface area contributed by atoms with Gasteiger partial charge in [-0.25, -0.2) is 22.8 Å². The number of ether oxygens (including phenoxy) is 1. The Bertz CT molecular complexity index is 1880. The van der Waals surface area contributed by atoms with Gasteiger partial charge in [0.05, 0.1) is 28.1 Å². The van der Waals surface area contributed by atoms with Gasteiger partial charge in [-0.05, 0) is 59.8 Å². The number of anilines is 2. The van der Waals surface area contributed by atoms with Crippen molar-refractivity contribution in [3.8, 4) is 5.75 Å². The highest BCUT2D eigenvalue weighted by atomic mass is 35.5. The Hall–Kier alpha value is -4.17. The molecule has 0 saturated heterocycles. The average molecular weight is 579 g/mol. The second-order valence-electron chi connectivity index (χ2n) is 9.05. The SMILES string of the molecule is CS(=O)(=O)CCNCc1ccc(C2=C=C=c3ncnc(Nc4ccc(OCc5cccc(F)c5)c(Cl)c4)c3=C2)o1. The van der Waals surface area contributed by atoms with E-state index >= 15 is 0 Å². The summed E-state index contributed by atoms with van der Waals surface area (Å²) in [4.78, 5) is 8.68. The van der Waals surface area contributed by atoms with Crippen molar-refractivity contribution in [2.24, 2.45) is 0 Å². The molecule has 0 radical (unpaired) electrons. The summed E-state index contributed by atoms with van der Waals surface area (Å²) in [5.41, 5.74) is 8.15. The number of hydrogen-bond donors (Lipinski definition) is 2. The third-order valence-electron chi connectivity index (χ3n) is 5.84. The molecule has 11 heteroatoms. The molecule has 0 fully saturated rings. The lowest BCUT2D eigenvalue weighted by molar-refractivity contribution is 0.306. The fraction of sp³-hybridized carbons (Fsp3) is 0.172. The Labute approximate surface area is 235 Å². The summed E-state index contributed by atoms with van der Waals surface area (Å²) >= 11 is 6.46. The molecule has 0 spiro atoms. The van der Waals surface area contributed by atoms with E-state index in [1.54, 1.807) is 30.3 Å². The third kappa shape index (κ3) is 7.07. The standard InChI is InChI=1S/C29H24ClFN4O4S/c1-40(36,37)12-11-32-16-23-7-10-27(39-23)20-5-8-26-24(14-20)29(34-18-33-26)35-22-6-9-28(25(30)15-22)38-17-19-3-2-4-21(31)13-19/h2-4,6-7,9-10,13-15,18,32H,11-12,16-17H2,1H3,(H,33,34,35). The van der Waals surface area contributed by atoms with Crippen LogP contribution in [0.15, 0.2) is 71.1 Å². The van der Waals surface area contributed by atoms with Gasteiger partial charge < -0.3 is 19.8 Å².